The molecule has 12 heavy (non-hydrogen) atoms. The Bertz CT molecular complexity index is 187. The van der Waals surface area contributed by atoms with Crippen LogP contribution in [0.1, 0.15) is 6.92 Å². The van der Waals surface area contributed by atoms with E-state index in [9.17, 15) is 0 Å². The summed E-state index contributed by atoms with van der Waals surface area (Å²) in [6, 6.07) is 0. The van der Waals surface area contributed by atoms with Crippen molar-refractivity contribution in [3.8, 4) is 0 Å². The van der Waals surface area contributed by atoms with Gasteiger partial charge in [0.15, 0.2) is 5.17 Å². The van der Waals surface area contributed by atoms with Crippen molar-refractivity contribution in [1.29, 1.82) is 0 Å². The van der Waals surface area contributed by atoms with Crippen molar-refractivity contribution >= 4 is 16.9 Å². The summed E-state index contributed by atoms with van der Waals surface area (Å²) in [6.45, 7) is 7.70. The highest BCUT2D eigenvalue weighted by Gasteiger charge is 2.21. The van der Waals surface area contributed by atoms with Crippen LogP contribution in [0.3, 0.4) is 0 Å². The van der Waals surface area contributed by atoms with Gasteiger partial charge in [-0.2, -0.15) is 0 Å². The van der Waals surface area contributed by atoms with E-state index in [1.807, 2.05) is 11.8 Å². The molecule has 2 heterocycles. The molecule has 0 aromatic rings. The smallest absolute Gasteiger partial charge is 0.159 e. The van der Waals surface area contributed by atoms with E-state index in [0.29, 0.717) is 5.25 Å². The van der Waals surface area contributed by atoms with Gasteiger partial charge in [0.25, 0.3) is 0 Å². The van der Waals surface area contributed by atoms with E-state index < -0.39 is 0 Å². The Morgan fingerprint density at radius 3 is 2.83 bits per heavy atom. The molecular weight excluding hydrogens is 170 g/mol. The lowest BCUT2D eigenvalue weighted by molar-refractivity contribution is 0.363. The maximum Gasteiger partial charge on any atom is 0.159 e. The topological polar surface area (TPSA) is 27.6 Å². The average Bonchev–Trinajstić information content (AvgIpc) is 2.54. The first kappa shape index (κ1) is 8.38. The third-order valence-electron chi connectivity index (χ3n) is 2.18. The second-order valence-corrected chi connectivity index (χ2v) is 4.69. The van der Waals surface area contributed by atoms with Crippen molar-refractivity contribution in [2.45, 2.75) is 12.2 Å². The molecule has 0 saturated carbocycles. The SMILES string of the molecule is C[C@H]1CN=C(N2CCNCC2)S1. The second kappa shape index (κ2) is 3.66. The zero-order chi connectivity index (χ0) is 8.39. The van der Waals surface area contributed by atoms with Gasteiger partial charge in [-0.05, 0) is 0 Å². The van der Waals surface area contributed by atoms with E-state index in [-0.39, 0.29) is 0 Å². The van der Waals surface area contributed by atoms with Crippen molar-refractivity contribution in [3.05, 3.63) is 0 Å². The van der Waals surface area contributed by atoms with Crippen LogP contribution in [0.2, 0.25) is 0 Å². The van der Waals surface area contributed by atoms with E-state index in [1.54, 1.807) is 0 Å². The number of hydrogen-bond donors (Lipinski definition) is 1. The van der Waals surface area contributed by atoms with Gasteiger partial charge in [0.05, 0.1) is 6.54 Å². The lowest BCUT2D eigenvalue weighted by Gasteiger charge is -2.28. The summed E-state index contributed by atoms with van der Waals surface area (Å²) in [5.41, 5.74) is 0. The Labute approximate surface area is 77.6 Å². The molecule has 2 rings (SSSR count). The van der Waals surface area contributed by atoms with E-state index in [2.05, 4.69) is 22.1 Å². The fourth-order valence-electron chi connectivity index (χ4n) is 1.49. The highest BCUT2D eigenvalue weighted by atomic mass is 32.2. The van der Waals surface area contributed by atoms with Crippen molar-refractivity contribution in [2.75, 3.05) is 32.7 Å². The van der Waals surface area contributed by atoms with Crippen LogP contribution < -0.4 is 5.32 Å². The van der Waals surface area contributed by atoms with Crippen LogP contribution in [-0.2, 0) is 0 Å². The molecule has 0 aromatic carbocycles. The molecule has 2 aliphatic heterocycles. The number of thioether (sulfide) groups is 1. The first-order valence-corrected chi connectivity index (χ1v) is 5.41. The highest BCUT2D eigenvalue weighted by molar-refractivity contribution is 8.14. The number of piperazine rings is 1. The Balaban J connectivity index is 1.91. The molecule has 0 spiro atoms. The van der Waals surface area contributed by atoms with Gasteiger partial charge in [-0.3, -0.25) is 4.99 Å². The summed E-state index contributed by atoms with van der Waals surface area (Å²) in [5, 5.41) is 5.30. The fraction of sp³-hybridized carbons (Fsp3) is 0.875. The van der Waals surface area contributed by atoms with Crippen LogP contribution in [0, 0.1) is 0 Å². The zero-order valence-electron chi connectivity index (χ0n) is 7.42. The Hall–Kier alpha value is -0.220. The number of aliphatic imine (C=N–C) groups is 1. The number of rotatable bonds is 0. The van der Waals surface area contributed by atoms with Gasteiger partial charge in [0.1, 0.15) is 0 Å². The Morgan fingerprint density at radius 2 is 2.25 bits per heavy atom. The Kier molecular flexibility index (Phi) is 2.56. The number of amidine groups is 1. The van der Waals surface area contributed by atoms with Crippen LogP contribution in [0.25, 0.3) is 0 Å². The van der Waals surface area contributed by atoms with Gasteiger partial charge < -0.3 is 10.2 Å². The molecule has 2 aliphatic rings. The summed E-state index contributed by atoms with van der Waals surface area (Å²) < 4.78 is 0. The van der Waals surface area contributed by atoms with Crippen molar-refractivity contribution < 1.29 is 0 Å². The molecule has 0 radical (unpaired) electrons. The number of nitrogens with zero attached hydrogens (tertiary/aromatic N) is 2. The van der Waals surface area contributed by atoms with Crippen LogP contribution in [0.4, 0.5) is 0 Å². The largest absolute Gasteiger partial charge is 0.349 e. The molecule has 0 bridgehead atoms. The van der Waals surface area contributed by atoms with E-state index in [0.717, 1.165) is 32.7 Å². The van der Waals surface area contributed by atoms with Gasteiger partial charge in [0, 0.05) is 31.4 Å². The molecular formula is C8H15N3S. The predicted octanol–water partition coefficient (Wildman–Crippen LogP) is 0.383. The maximum atomic E-state index is 4.52. The number of hydrogen-bond acceptors (Lipinski definition) is 4. The highest BCUT2D eigenvalue weighted by Crippen LogP contribution is 2.22. The predicted molar refractivity (Wildman–Crippen MR) is 53.8 cm³/mol. The normalized spacial score (nSPS) is 30.6. The van der Waals surface area contributed by atoms with Crippen molar-refractivity contribution in [2.24, 2.45) is 4.99 Å². The van der Waals surface area contributed by atoms with E-state index in [4.69, 9.17) is 0 Å². The lowest BCUT2D eigenvalue weighted by Crippen LogP contribution is -2.45. The van der Waals surface area contributed by atoms with Gasteiger partial charge in [-0.1, -0.05) is 18.7 Å². The van der Waals surface area contributed by atoms with Gasteiger partial charge in [0.2, 0.25) is 0 Å². The fourth-order valence-corrected chi connectivity index (χ4v) is 2.48. The van der Waals surface area contributed by atoms with Crippen molar-refractivity contribution in [1.82, 2.24) is 10.2 Å². The van der Waals surface area contributed by atoms with E-state index >= 15 is 0 Å². The lowest BCUT2D eigenvalue weighted by atomic mass is 10.4. The monoisotopic (exact) mass is 185 g/mol. The minimum Gasteiger partial charge on any atom is -0.349 e. The second-order valence-electron chi connectivity index (χ2n) is 3.29. The molecule has 0 aliphatic carbocycles. The van der Waals surface area contributed by atoms with Crippen LogP contribution in [0.15, 0.2) is 4.99 Å². The zero-order valence-corrected chi connectivity index (χ0v) is 8.23. The van der Waals surface area contributed by atoms with Crippen LogP contribution >= 0.6 is 11.8 Å². The molecule has 0 aromatic heterocycles. The Morgan fingerprint density at radius 1 is 1.50 bits per heavy atom. The van der Waals surface area contributed by atoms with Gasteiger partial charge in [-0.25, -0.2) is 0 Å². The minimum atomic E-state index is 0.690. The molecule has 1 N–H and O–H groups in total. The first-order valence-electron chi connectivity index (χ1n) is 4.53. The summed E-state index contributed by atoms with van der Waals surface area (Å²) in [7, 11) is 0. The third-order valence-corrected chi connectivity index (χ3v) is 3.33. The molecule has 1 saturated heterocycles. The van der Waals surface area contributed by atoms with E-state index in [1.165, 1.54) is 5.17 Å². The molecule has 0 unspecified atom stereocenters. The quantitative estimate of drug-likeness (QED) is 0.591. The molecule has 3 nitrogen and oxygen atoms in total. The van der Waals surface area contributed by atoms with Gasteiger partial charge in [-0.15, -0.1) is 0 Å². The minimum absolute atomic E-state index is 0.690. The summed E-state index contributed by atoms with van der Waals surface area (Å²) in [6.07, 6.45) is 0. The summed E-state index contributed by atoms with van der Waals surface area (Å²) in [5.74, 6) is 0. The standard InChI is InChI=1S/C8H15N3S/c1-7-6-10-8(12-7)11-4-2-9-3-5-11/h7,9H,2-6H2,1H3/t7-/m0/s1. The summed E-state index contributed by atoms with van der Waals surface area (Å²) >= 11 is 1.92. The van der Waals surface area contributed by atoms with Crippen LogP contribution in [0.5, 0.6) is 0 Å². The third kappa shape index (κ3) is 1.75. The average molecular weight is 185 g/mol. The molecule has 4 heteroatoms. The molecule has 1 fully saturated rings. The first-order chi connectivity index (χ1) is 5.86. The maximum absolute atomic E-state index is 4.52. The molecule has 68 valence electrons. The number of nitrogens with one attached hydrogen (secondary N) is 1. The van der Waals surface area contributed by atoms with Gasteiger partial charge >= 0.3 is 0 Å². The van der Waals surface area contributed by atoms with Crippen molar-refractivity contribution in [3.63, 3.8) is 0 Å². The van der Waals surface area contributed by atoms with Crippen LogP contribution in [-0.4, -0.2) is 48.0 Å². The molecule has 1 atom stereocenters. The summed E-state index contributed by atoms with van der Waals surface area (Å²) in [4.78, 5) is 6.91. The molecule has 0 amide bonds.